The minimum Gasteiger partial charge on any atom is -0.467 e. The fourth-order valence-electron chi connectivity index (χ4n) is 2.27. The second-order valence-electron chi connectivity index (χ2n) is 5.71. The van der Waals surface area contributed by atoms with Gasteiger partial charge in [-0.15, -0.1) is 10.2 Å². The third-order valence-electron chi connectivity index (χ3n) is 3.92. The van der Waals surface area contributed by atoms with Crippen molar-refractivity contribution in [3.8, 4) is 5.69 Å². The minimum atomic E-state index is -0.663. The zero-order valence-electron chi connectivity index (χ0n) is 14.8. The molecule has 0 radical (unpaired) electrons. The van der Waals surface area contributed by atoms with E-state index in [0.29, 0.717) is 10.2 Å². The van der Waals surface area contributed by atoms with E-state index in [1.165, 1.54) is 18.9 Å². The number of nitrogens with zero attached hydrogens (tertiary/aromatic N) is 3. The molecule has 0 aliphatic carbocycles. The van der Waals surface area contributed by atoms with E-state index in [9.17, 15) is 9.59 Å². The van der Waals surface area contributed by atoms with Crippen molar-refractivity contribution >= 4 is 35.2 Å². The van der Waals surface area contributed by atoms with Crippen LogP contribution in [-0.4, -0.2) is 45.5 Å². The van der Waals surface area contributed by atoms with Crippen LogP contribution in [0.5, 0.6) is 0 Å². The number of rotatable bonds is 8. The summed E-state index contributed by atoms with van der Waals surface area (Å²) in [6, 6.07) is 6.59. The van der Waals surface area contributed by atoms with E-state index in [4.69, 9.17) is 16.3 Å². The number of carbonyl (C=O) groups is 2. The van der Waals surface area contributed by atoms with Gasteiger partial charge in [-0.25, -0.2) is 4.79 Å². The van der Waals surface area contributed by atoms with E-state index in [-0.39, 0.29) is 17.6 Å². The third-order valence-corrected chi connectivity index (χ3v) is 5.10. The SMILES string of the molecule is CC[C@@H](C)[C@H](NC(=O)CSc1nncn1-c1cccc(Cl)c1)C(=O)OC. The van der Waals surface area contributed by atoms with E-state index < -0.39 is 12.0 Å². The Kier molecular flexibility index (Phi) is 7.47. The lowest BCUT2D eigenvalue weighted by Gasteiger charge is -2.21. The van der Waals surface area contributed by atoms with Gasteiger partial charge in [0.1, 0.15) is 12.4 Å². The molecule has 26 heavy (non-hydrogen) atoms. The molecule has 1 N–H and O–H groups in total. The molecule has 0 saturated carbocycles. The highest BCUT2D eigenvalue weighted by molar-refractivity contribution is 7.99. The highest BCUT2D eigenvalue weighted by Gasteiger charge is 2.26. The summed E-state index contributed by atoms with van der Waals surface area (Å²) in [4.78, 5) is 24.1. The first kappa shape index (κ1) is 20.3. The highest BCUT2D eigenvalue weighted by Crippen LogP contribution is 2.21. The summed E-state index contributed by atoms with van der Waals surface area (Å²) in [7, 11) is 1.31. The lowest BCUT2D eigenvalue weighted by Crippen LogP contribution is -2.46. The summed E-state index contributed by atoms with van der Waals surface area (Å²) in [6.07, 6.45) is 2.30. The van der Waals surface area contributed by atoms with Gasteiger partial charge in [0, 0.05) is 5.02 Å². The highest BCUT2D eigenvalue weighted by atomic mass is 35.5. The summed E-state index contributed by atoms with van der Waals surface area (Å²) >= 11 is 7.24. The van der Waals surface area contributed by atoms with Gasteiger partial charge >= 0.3 is 5.97 Å². The molecule has 9 heteroatoms. The quantitative estimate of drug-likeness (QED) is 0.545. The van der Waals surface area contributed by atoms with Crippen LogP contribution in [-0.2, 0) is 14.3 Å². The maximum absolute atomic E-state index is 12.3. The van der Waals surface area contributed by atoms with Crippen molar-refractivity contribution in [1.29, 1.82) is 0 Å². The van der Waals surface area contributed by atoms with E-state index in [1.807, 2.05) is 26.0 Å². The summed E-state index contributed by atoms with van der Waals surface area (Å²) in [5.74, 6) is -0.638. The smallest absolute Gasteiger partial charge is 0.328 e. The second kappa shape index (κ2) is 9.59. The predicted octanol–water partition coefficient (Wildman–Crippen LogP) is 2.72. The van der Waals surface area contributed by atoms with Crippen LogP contribution in [0.25, 0.3) is 5.69 Å². The lowest BCUT2D eigenvalue weighted by atomic mass is 9.99. The molecule has 1 aromatic carbocycles. The van der Waals surface area contributed by atoms with Crippen LogP contribution >= 0.6 is 23.4 Å². The number of amides is 1. The van der Waals surface area contributed by atoms with Gasteiger partial charge in [0.15, 0.2) is 5.16 Å². The van der Waals surface area contributed by atoms with Gasteiger partial charge in [-0.05, 0) is 24.1 Å². The molecule has 1 amide bonds. The van der Waals surface area contributed by atoms with Crippen molar-refractivity contribution in [1.82, 2.24) is 20.1 Å². The van der Waals surface area contributed by atoms with Gasteiger partial charge in [-0.3, -0.25) is 9.36 Å². The molecule has 0 spiro atoms. The molecule has 0 fully saturated rings. The molecule has 1 heterocycles. The summed E-state index contributed by atoms with van der Waals surface area (Å²) in [6.45, 7) is 3.85. The molecule has 140 valence electrons. The van der Waals surface area contributed by atoms with Crippen LogP contribution in [0.15, 0.2) is 35.7 Å². The van der Waals surface area contributed by atoms with Gasteiger partial charge < -0.3 is 10.1 Å². The molecule has 0 aliphatic rings. The molecule has 0 bridgehead atoms. The summed E-state index contributed by atoms with van der Waals surface area (Å²) in [5, 5.41) is 11.8. The molecule has 0 unspecified atom stereocenters. The van der Waals surface area contributed by atoms with Crippen LogP contribution in [0.1, 0.15) is 20.3 Å². The van der Waals surface area contributed by atoms with Gasteiger partial charge in [0.2, 0.25) is 5.91 Å². The Morgan fingerprint density at radius 2 is 2.19 bits per heavy atom. The van der Waals surface area contributed by atoms with Crippen molar-refractivity contribution in [2.45, 2.75) is 31.5 Å². The topological polar surface area (TPSA) is 86.1 Å². The van der Waals surface area contributed by atoms with E-state index in [2.05, 4.69) is 15.5 Å². The van der Waals surface area contributed by atoms with E-state index >= 15 is 0 Å². The molecular formula is C17H21ClN4O3S. The fourth-order valence-corrected chi connectivity index (χ4v) is 3.19. The number of hydrogen-bond acceptors (Lipinski definition) is 6. The zero-order chi connectivity index (χ0) is 19.1. The van der Waals surface area contributed by atoms with Gasteiger partial charge in [0.05, 0.1) is 18.6 Å². The molecule has 0 saturated heterocycles. The van der Waals surface area contributed by atoms with Crippen LogP contribution in [0.3, 0.4) is 0 Å². The Balaban J connectivity index is 2.02. The first-order chi connectivity index (χ1) is 12.5. The number of ether oxygens (including phenoxy) is 1. The Morgan fingerprint density at radius 1 is 1.42 bits per heavy atom. The molecule has 0 aliphatic heterocycles. The standard InChI is InChI=1S/C17H21ClN4O3S/c1-4-11(2)15(16(24)25-3)20-14(23)9-26-17-21-19-10-22(17)13-7-5-6-12(18)8-13/h5-8,10-11,15H,4,9H2,1-3H3,(H,20,23)/t11-,15+/m1/s1. The largest absolute Gasteiger partial charge is 0.467 e. The monoisotopic (exact) mass is 396 g/mol. The van der Waals surface area contributed by atoms with Crippen molar-refractivity contribution < 1.29 is 14.3 Å². The van der Waals surface area contributed by atoms with E-state index in [0.717, 1.165) is 12.1 Å². The molecule has 2 atom stereocenters. The van der Waals surface area contributed by atoms with Crippen LogP contribution in [0, 0.1) is 5.92 Å². The Morgan fingerprint density at radius 3 is 2.85 bits per heavy atom. The maximum atomic E-state index is 12.3. The predicted molar refractivity (Wildman–Crippen MR) is 100 cm³/mol. The molecule has 2 rings (SSSR count). The van der Waals surface area contributed by atoms with Crippen LogP contribution in [0.2, 0.25) is 5.02 Å². The van der Waals surface area contributed by atoms with Crippen molar-refractivity contribution in [3.63, 3.8) is 0 Å². The number of hydrogen-bond donors (Lipinski definition) is 1. The average Bonchev–Trinajstić information content (AvgIpc) is 3.11. The number of thioether (sulfide) groups is 1. The number of methoxy groups -OCH3 is 1. The van der Waals surface area contributed by atoms with Gasteiger partial charge in [0.25, 0.3) is 0 Å². The minimum absolute atomic E-state index is 0.0217. The number of carbonyl (C=O) groups excluding carboxylic acids is 2. The number of aromatic nitrogens is 3. The number of esters is 1. The normalized spacial score (nSPS) is 13.1. The molecule has 2 aromatic rings. The summed E-state index contributed by atoms with van der Waals surface area (Å²) < 4.78 is 6.52. The second-order valence-corrected chi connectivity index (χ2v) is 7.08. The first-order valence-corrected chi connectivity index (χ1v) is 9.48. The van der Waals surface area contributed by atoms with E-state index in [1.54, 1.807) is 23.0 Å². The number of halogens is 1. The molecule has 1 aromatic heterocycles. The van der Waals surface area contributed by atoms with Crippen molar-refractivity contribution in [2.75, 3.05) is 12.9 Å². The lowest BCUT2D eigenvalue weighted by molar-refractivity contribution is -0.146. The first-order valence-electron chi connectivity index (χ1n) is 8.12. The van der Waals surface area contributed by atoms with Gasteiger partial charge in [-0.2, -0.15) is 0 Å². The van der Waals surface area contributed by atoms with Crippen LogP contribution in [0.4, 0.5) is 0 Å². The van der Waals surface area contributed by atoms with Crippen molar-refractivity contribution in [3.05, 3.63) is 35.6 Å². The van der Waals surface area contributed by atoms with Crippen molar-refractivity contribution in [2.24, 2.45) is 5.92 Å². The Hall–Kier alpha value is -2.06. The van der Waals surface area contributed by atoms with Crippen LogP contribution < -0.4 is 5.32 Å². The zero-order valence-corrected chi connectivity index (χ0v) is 16.4. The maximum Gasteiger partial charge on any atom is 0.328 e. The Bertz CT molecular complexity index is 768. The number of nitrogens with one attached hydrogen (secondary N) is 1. The molecule has 7 nitrogen and oxygen atoms in total. The number of benzene rings is 1. The molecular weight excluding hydrogens is 376 g/mol. The average molecular weight is 397 g/mol. The summed E-state index contributed by atoms with van der Waals surface area (Å²) in [5.41, 5.74) is 0.803. The fraction of sp³-hybridized carbons (Fsp3) is 0.412. The van der Waals surface area contributed by atoms with Gasteiger partial charge in [-0.1, -0.05) is 49.7 Å². The Labute approximate surface area is 161 Å². The third kappa shape index (κ3) is 5.22.